The lowest BCUT2D eigenvalue weighted by Gasteiger charge is -2.26. The molecule has 1 aliphatic rings. The molecule has 2 N–H and O–H groups in total. The van der Waals surface area contributed by atoms with Gasteiger partial charge in [0.15, 0.2) is 5.65 Å². The van der Waals surface area contributed by atoms with E-state index in [-0.39, 0.29) is 6.04 Å². The Balaban J connectivity index is 1.46. The zero-order valence-corrected chi connectivity index (χ0v) is 20.8. The smallest absolute Gasteiger partial charge is 0.228 e. The second kappa shape index (κ2) is 11.6. The third-order valence-corrected chi connectivity index (χ3v) is 6.22. The number of fused-ring (bicyclic) bond motifs is 1. The molecule has 3 aromatic rings. The fourth-order valence-electron chi connectivity index (χ4n) is 4.16. The highest BCUT2D eigenvalue weighted by molar-refractivity contribution is 5.52. The van der Waals surface area contributed by atoms with Crippen molar-refractivity contribution in [1.82, 2.24) is 29.8 Å². The molecule has 184 valence electrons. The number of rotatable bonds is 11. The maximum atomic E-state index is 5.43. The summed E-state index contributed by atoms with van der Waals surface area (Å²) in [7, 11) is 1.68. The molecular weight excluding hydrogens is 430 g/mol. The van der Waals surface area contributed by atoms with Gasteiger partial charge in [0, 0.05) is 18.7 Å². The number of nitrogens with zero attached hydrogens (tertiary/aromatic N) is 5. The van der Waals surface area contributed by atoms with Crippen LogP contribution in [-0.2, 0) is 11.3 Å². The van der Waals surface area contributed by atoms with Crippen LogP contribution < -0.4 is 15.4 Å². The van der Waals surface area contributed by atoms with Crippen LogP contribution in [0.4, 0.5) is 5.95 Å². The van der Waals surface area contributed by atoms with Crippen LogP contribution in [0.2, 0.25) is 0 Å². The van der Waals surface area contributed by atoms with Crippen LogP contribution >= 0.6 is 0 Å². The third-order valence-electron chi connectivity index (χ3n) is 6.22. The lowest BCUT2D eigenvalue weighted by molar-refractivity contribution is 0.0374. The summed E-state index contributed by atoms with van der Waals surface area (Å²) < 4.78 is 12.6. The maximum Gasteiger partial charge on any atom is 0.228 e. The lowest BCUT2D eigenvalue weighted by atomic mass is 10.1. The summed E-state index contributed by atoms with van der Waals surface area (Å²) in [4.78, 5) is 12.1. The van der Waals surface area contributed by atoms with Crippen molar-refractivity contribution < 1.29 is 9.47 Å². The molecule has 0 unspecified atom stereocenters. The molecule has 1 atom stereocenters. The highest BCUT2D eigenvalue weighted by Crippen LogP contribution is 2.25. The minimum atomic E-state index is 0.0224. The minimum absolute atomic E-state index is 0.0224. The fourth-order valence-corrected chi connectivity index (χ4v) is 4.16. The highest BCUT2D eigenvalue weighted by Gasteiger charge is 2.17. The summed E-state index contributed by atoms with van der Waals surface area (Å²) in [5.41, 5.74) is 3.09. The van der Waals surface area contributed by atoms with Crippen LogP contribution in [0.5, 0.6) is 5.75 Å². The molecule has 0 radical (unpaired) electrons. The van der Waals surface area contributed by atoms with Crippen molar-refractivity contribution in [2.24, 2.45) is 0 Å². The second-order valence-electron chi connectivity index (χ2n) is 9.08. The lowest BCUT2D eigenvalue weighted by Crippen LogP contribution is -2.37. The number of aromatic nitrogens is 4. The fraction of sp³-hybridized carbons (Fsp3) is 0.560. The molecule has 0 aliphatic carbocycles. The molecule has 9 heteroatoms. The van der Waals surface area contributed by atoms with Crippen LogP contribution in [0.25, 0.3) is 5.65 Å². The van der Waals surface area contributed by atoms with Crippen molar-refractivity contribution in [2.75, 3.05) is 51.8 Å². The number of nitrogens with one attached hydrogen (secondary N) is 2. The Morgan fingerprint density at radius 1 is 1.15 bits per heavy atom. The van der Waals surface area contributed by atoms with E-state index >= 15 is 0 Å². The molecule has 9 nitrogen and oxygen atoms in total. The van der Waals surface area contributed by atoms with Crippen LogP contribution in [0.1, 0.15) is 56.1 Å². The number of benzene rings is 1. The molecule has 1 fully saturated rings. The van der Waals surface area contributed by atoms with Gasteiger partial charge in [0.2, 0.25) is 5.95 Å². The number of anilines is 1. The molecule has 0 bridgehead atoms. The zero-order valence-electron chi connectivity index (χ0n) is 20.8. The van der Waals surface area contributed by atoms with Crippen molar-refractivity contribution in [2.45, 2.75) is 45.7 Å². The number of hydrogen-bond donors (Lipinski definition) is 2. The van der Waals surface area contributed by atoms with E-state index in [0.29, 0.717) is 18.4 Å². The second-order valence-corrected chi connectivity index (χ2v) is 9.08. The van der Waals surface area contributed by atoms with E-state index in [1.807, 2.05) is 28.9 Å². The van der Waals surface area contributed by atoms with Gasteiger partial charge in [-0.1, -0.05) is 26.0 Å². The van der Waals surface area contributed by atoms with Gasteiger partial charge in [-0.05, 0) is 50.0 Å². The predicted octanol–water partition coefficient (Wildman–Crippen LogP) is 3.24. The highest BCUT2D eigenvalue weighted by atomic mass is 16.5. The summed E-state index contributed by atoms with van der Waals surface area (Å²) in [5.74, 6) is 2.62. The van der Waals surface area contributed by atoms with Crippen LogP contribution in [0.3, 0.4) is 0 Å². The van der Waals surface area contributed by atoms with E-state index < -0.39 is 0 Å². The first-order chi connectivity index (χ1) is 16.5. The van der Waals surface area contributed by atoms with Crippen molar-refractivity contribution in [3.8, 4) is 5.75 Å². The Hall–Kier alpha value is -2.75. The van der Waals surface area contributed by atoms with Gasteiger partial charge in [0.1, 0.15) is 11.6 Å². The first kappa shape index (κ1) is 24.4. The SMILES string of the molecule is COc1cccc([C@H](C)Nc2nc(CNCCCN3CCOCC3)nc3c(C(C)C)cnn23)c1. The van der Waals surface area contributed by atoms with Gasteiger partial charge in [0.25, 0.3) is 0 Å². The van der Waals surface area contributed by atoms with Crippen LogP contribution in [0, 0.1) is 0 Å². The molecule has 2 aromatic heterocycles. The summed E-state index contributed by atoms with van der Waals surface area (Å²) in [6, 6.07) is 8.09. The van der Waals surface area contributed by atoms with Crippen molar-refractivity contribution in [3.63, 3.8) is 0 Å². The molecule has 1 saturated heterocycles. The summed E-state index contributed by atoms with van der Waals surface area (Å²) in [5, 5.41) is 11.6. The van der Waals surface area contributed by atoms with Crippen molar-refractivity contribution in [1.29, 1.82) is 0 Å². The number of methoxy groups -OCH3 is 1. The average Bonchev–Trinajstić information content (AvgIpc) is 3.29. The zero-order chi connectivity index (χ0) is 23.9. The van der Waals surface area contributed by atoms with E-state index in [4.69, 9.17) is 19.4 Å². The van der Waals surface area contributed by atoms with Gasteiger partial charge >= 0.3 is 0 Å². The summed E-state index contributed by atoms with van der Waals surface area (Å²) in [6.45, 7) is 12.8. The monoisotopic (exact) mass is 467 g/mol. The van der Waals surface area contributed by atoms with E-state index in [9.17, 15) is 0 Å². The topological polar surface area (TPSA) is 88.8 Å². The van der Waals surface area contributed by atoms with E-state index in [0.717, 1.165) is 74.2 Å². The quantitative estimate of drug-likeness (QED) is 0.416. The molecule has 3 heterocycles. The third kappa shape index (κ3) is 6.02. The van der Waals surface area contributed by atoms with Gasteiger partial charge in [-0.3, -0.25) is 4.90 Å². The molecule has 0 saturated carbocycles. The number of hydrogen-bond acceptors (Lipinski definition) is 8. The first-order valence-corrected chi connectivity index (χ1v) is 12.2. The van der Waals surface area contributed by atoms with Crippen molar-refractivity contribution in [3.05, 3.63) is 47.4 Å². The van der Waals surface area contributed by atoms with E-state index in [2.05, 4.69) is 47.5 Å². The Morgan fingerprint density at radius 2 is 1.97 bits per heavy atom. The Kier molecular flexibility index (Phi) is 8.31. The van der Waals surface area contributed by atoms with Gasteiger partial charge in [-0.15, -0.1) is 0 Å². The molecule has 1 aromatic carbocycles. The molecule has 0 spiro atoms. The van der Waals surface area contributed by atoms with Gasteiger partial charge < -0.3 is 20.1 Å². The van der Waals surface area contributed by atoms with E-state index in [1.165, 1.54) is 0 Å². The standard InChI is InChI=1S/C25H37N7O2/c1-18(2)22-16-27-32-24(22)29-23(17-26-9-6-10-31-11-13-34-14-12-31)30-25(32)28-19(3)20-7-5-8-21(15-20)33-4/h5,7-8,15-16,18-19,26H,6,9-14,17H2,1-4H3,(H,28,29,30)/t19-/m0/s1. The number of ether oxygens (including phenoxy) is 2. The van der Waals surface area contributed by atoms with Crippen LogP contribution in [-0.4, -0.2) is 71.0 Å². The van der Waals surface area contributed by atoms with E-state index in [1.54, 1.807) is 7.11 Å². The molecule has 1 aliphatic heterocycles. The maximum absolute atomic E-state index is 5.43. The number of morpholine rings is 1. The average molecular weight is 468 g/mol. The molecule has 34 heavy (non-hydrogen) atoms. The molecule has 0 amide bonds. The Labute approximate surface area is 201 Å². The molecule has 4 rings (SSSR count). The first-order valence-electron chi connectivity index (χ1n) is 12.2. The summed E-state index contributed by atoms with van der Waals surface area (Å²) >= 11 is 0. The Morgan fingerprint density at radius 3 is 2.74 bits per heavy atom. The van der Waals surface area contributed by atoms with Crippen molar-refractivity contribution >= 4 is 11.6 Å². The largest absolute Gasteiger partial charge is 0.497 e. The predicted molar refractivity (Wildman–Crippen MR) is 133 cm³/mol. The Bertz CT molecular complexity index is 1060. The van der Waals surface area contributed by atoms with Gasteiger partial charge in [-0.2, -0.15) is 14.6 Å². The normalized spacial score (nSPS) is 15.7. The van der Waals surface area contributed by atoms with Gasteiger partial charge in [0.05, 0.1) is 39.1 Å². The molecular formula is C25H37N7O2. The summed E-state index contributed by atoms with van der Waals surface area (Å²) in [6.07, 6.45) is 2.99. The minimum Gasteiger partial charge on any atom is -0.497 e. The van der Waals surface area contributed by atoms with Gasteiger partial charge in [-0.25, -0.2) is 4.98 Å². The van der Waals surface area contributed by atoms with Crippen LogP contribution in [0.15, 0.2) is 30.5 Å².